The Bertz CT molecular complexity index is 1170. The summed E-state index contributed by atoms with van der Waals surface area (Å²) in [5.74, 6) is 1.81. The van der Waals surface area contributed by atoms with Gasteiger partial charge in [0, 0.05) is 42.8 Å². The molecule has 1 aliphatic rings. The van der Waals surface area contributed by atoms with Gasteiger partial charge in [-0.3, -0.25) is 14.5 Å². The van der Waals surface area contributed by atoms with Crippen LogP contribution in [0.1, 0.15) is 21.7 Å². The van der Waals surface area contributed by atoms with E-state index < -0.39 is 0 Å². The Morgan fingerprint density at radius 3 is 2.46 bits per heavy atom. The zero-order valence-corrected chi connectivity index (χ0v) is 20.4. The summed E-state index contributed by atoms with van der Waals surface area (Å²) in [6.45, 7) is 4.57. The molecule has 0 saturated carbocycles. The lowest BCUT2D eigenvalue weighted by atomic mass is 10.1. The molecule has 10 heteroatoms. The molecule has 1 fully saturated rings. The number of hydrogen-bond donors (Lipinski definition) is 1. The second-order valence-corrected chi connectivity index (χ2v) is 8.66. The summed E-state index contributed by atoms with van der Waals surface area (Å²) >= 11 is 5.93. The fraction of sp³-hybridized carbons (Fsp3) is 0.320. The van der Waals surface area contributed by atoms with Crippen molar-refractivity contribution < 1.29 is 23.6 Å². The first-order valence-electron chi connectivity index (χ1n) is 11.2. The first-order valence-corrected chi connectivity index (χ1v) is 11.6. The molecule has 1 aromatic heterocycles. The Kier molecular flexibility index (Phi) is 7.89. The molecular formula is C25H27ClN4O5. The quantitative estimate of drug-likeness (QED) is 0.506. The van der Waals surface area contributed by atoms with E-state index in [4.69, 9.17) is 25.6 Å². The van der Waals surface area contributed by atoms with Crippen molar-refractivity contribution in [3.8, 4) is 11.5 Å². The molecular weight excluding hydrogens is 472 g/mol. The van der Waals surface area contributed by atoms with Gasteiger partial charge in [0.2, 0.25) is 5.91 Å². The van der Waals surface area contributed by atoms with E-state index in [1.165, 1.54) is 0 Å². The van der Waals surface area contributed by atoms with Gasteiger partial charge in [-0.1, -0.05) is 28.9 Å². The summed E-state index contributed by atoms with van der Waals surface area (Å²) in [5, 5.41) is 7.15. The van der Waals surface area contributed by atoms with Gasteiger partial charge in [-0.25, -0.2) is 0 Å². The van der Waals surface area contributed by atoms with Crippen molar-refractivity contribution in [1.82, 2.24) is 15.0 Å². The van der Waals surface area contributed by atoms with Crippen LogP contribution in [0.3, 0.4) is 0 Å². The number of halogens is 1. The van der Waals surface area contributed by atoms with E-state index in [1.54, 1.807) is 43.2 Å². The molecule has 0 bridgehead atoms. The molecule has 184 valence electrons. The normalized spacial score (nSPS) is 14.0. The number of aromatic nitrogens is 1. The third-order valence-corrected chi connectivity index (χ3v) is 5.89. The predicted octanol–water partition coefficient (Wildman–Crippen LogP) is 3.62. The van der Waals surface area contributed by atoms with Gasteiger partial charge in [-0.15, -0.1) is 0 Å². The highest BCUT2D eigenvalue weighted by atomic mass is 35.5. The molecule has 9 nitrogen and oxygen atoms in total. The molecule has 4 rings (SSSR count). The number of hydrogen-bond acceptors (Lipinski definition) is 7. The number of methoxy groups -OCH3 is 1. The van der Waals surface area contributed by atoms with E-state index in [-0.39, 0.29) is 18.4 Å². The lowest BCUT2D eigenvalue weighted by Gasteiger charge is -2.34. The summed E-state index contributed by atoms with van der Waals surface area (Å²) < 4.78 is 16.3. The van der Waals surface area contributed by atoms with Crippen molar-refractivity contribution in [2.45, 2.75) is 13.5 Å². The van der Waals surface area contributed by atoms with E-state index in [9.17, 15) is 9.59 Å². The molecule has 3 aromatic rings. The van der Waals surface area contributed by atoms with Gasteiger partial charge in [0.25, 0.3) is 5.91 Å². The highest BCUT2D eigenvalue weighted by Crippen LogP contribution is 2.29. The third kappa shape index (κ3) is 6.52. The van der Waals surface area contributed by atoms with Crippen LogP contribution in [0.4, 0.5) is 5.82 Å². The van der Waals surface area contributed by atoms with Crippen LogP contribution in [0, 0.1) is 6.92 Å². The molecule has 0 radical (unpaired) electrons. The van der Waals surface area contributed by atoms with E-state index >= 15 is 0 Å². The lowest BCUT2D eigenvalue weighted by Crippen LogP contribution is -2.50. The Labute approximate surface area is 208 Å². The van der Waals surface area contributed by atoms with Gasteiger partial charge >= 0.3 is 0 Å². The van der Waals surface area contributed by atoms with Gasteiger partial charge in [0.15, 0.2) is 17.3 Å². The smallest absolute Gasteiger partial charge is 0.254 e. The minimum absolute atomic E-state index is 0.0882. The number of piperazine rings is 1. The van der Waals surface area contributed by atoms with Crippen molar-refractivity contribution >= 4 is 29.2 Å². The minimum atomic E-state index is -0.169. The maximum atomic E-state index is 13.1. The van der Waals surface area contributed by atoms with Crippen molar-refractivity contribution in [2.75, 3.05) is 45.2 Å². The molecule has 0 unspecified atom stereocenters. The van der Waals surface area contributed by atoms with E-state index in [2.05, 4.69) is 10.5 Å². The van der Waals surface area contributed by atoms with Crippen molar-refractivity contribution in [3.63, 3.8) is 0 Å². The predicted molar refractivity (Wildman–Crippen MR) is 131 cm³/mol. The van der Waals surface area contributed by atoms with Crippen molar-refractivity contribution in [1.29, 1.82) is 0 Å². The van der Waals surface area contributed by atoms with E-state index in [0.29, 0.717) is 66.4 Å². The third-order valence-electron chi connectivity index (χ3n) is 5.64. The van der Waals surface area contributed by atoms with Crippen LogP contribution >= 0.6 is 11.6 Å². The number of ether oxygens (including phenoxy) is 2. The molecule has 35 heavy (non-hydrogen) atoms. The summed E-state index contributed by atoms with van der Waals surface area (Å²) in [5.41, 5.74) is 1.49. The highest BCUT2D eigenvalue weighted by molar-refractivity contribution is 6.30. The number of amides is 2. The van der Waals surface area contributed by atoms with Gasteiger partial charge in [0.05, 0.1) is 13.7 Å². The van der Waals surface area contributed by atoms with Gasteiger partial charge in [-0.05, 0) is 42.8 Å². The molecule has 1 saturated heterocycles. The zero-order valence-electron chi connectivity index (χ0n) is 19.6. The summed E-state index contributed by atoms with van der Waals surface area (Å²) in [6.07, 6.45) is 0. The lowest BCUT2D eigenvalue weighted by molar-refractivity contribution is -0.117. The molecule has 2 amide bonds. The Balaban J connectivity index is 1.29. The van der Waals surface area contributed by atoms with Crippen LogP contribution in [0.15, 0.2) is 53.1 Å². The van der Waals surface area contributed by atoms with Crippen LogP contribution in [-0.4, -0.2) is 66.6 Å². The number of carbonyl (C=O) groups excluding carboxylic acids is 2. The SMILES string of the molecule is COc1cc(C(=O)N2CCN(CC(=O)Nc3cc(C)on3)CC2)ccc1OCc1ccc(Cl)cc1. The number of rotatable bonds is 8. The molecule has 1 N–H and O–H groups in total. The number of aryl methyl sites for hydroxylation is 1. The summed E-state index contributed by atoms with van der Waals surface area (Å²) in [7, 11) is 1.54. The molecule has 0 aliphatic carbocycles. The first kappa shape index (κ1) is 24.6. The topological polar surface area (TPSA) is 97.1 Å². The Hall–Kier alpha value is -3.56. The fourth-order valence-corrected chi connectivity index (χ4v) is 3.89. The molecule has 2 heterocycles. The Morgan fingerprint density at radius 2 is 1.80 bits per heavy atom. The number of nitrogens with one attached hydrogen (secondary N) is 1. The number of benzene rings is 2. The molecule has 2 aromatic carbocycles. The Morgan fingerprint density at radius 1 is 1.06 bits per heavy atom. The van der Waals surface area contributed by atoms with E-state index in [0.717, 1.165) is 5.56 Å². The van der Waals surface area contributed by atoms with Gasteiger partial charge in [-0.2, -0.15) is 0 Å². The van der Waals surface area contributed by atoms with Crippen LogP contribution < -0.4 is 14.8 Å². The van der Waals surface area contributed by atoms with Crippen LogP contribution in [0.2, 0.25) is 5.02 Å². The van der Waals surface area contributed by atoms with Crippen molar-refractivity contribution in [2.24, 2.45) is 0 Å². The average Bonchev–Trinajstić information content (AvgIpc) is 3.27. The van der Waals surface area contributed by atoms with Crippen LogP contribution in [-0.2, 0) is 11.4 Å². The fourth-order valence-electron chi connectivity index (χ4n) is 3.76. The summed E-state index contributed by atoms with van der Waals surface area (Å²) in [6, 6.07) is 14.2. The summed E-state index contributed by atoms with van der Waals surface area (Å²) in [4.78, 5) is 29.1. The number of anilines is 1. The number of nitrogens with zero attached hydrogens (tertiary/aromatic N) is 3. The average molecular weight is 499 g/mol. The number of carbonyl (C=O) groups is 2. The maximum absolute atomic E-state index is 13.1. The van der Waals surface area contributed by atoms with Crippen LogP contribution in [0.5, 0.6) is 11.5 Å². The molecule has 1 aliphatic heterocycles. The first-order chi connectivity index (χ1) is 16.9. The monoisotopic (exact) mass is 498 g/mol. The maximum Gasteiger partial charge on any atom is 0.254 e. The standard InChI is InChI=1S/C25H27ClN4O5/c1-17-13-23(28-35-17)27-24(31)15-29-9-11-30(12-10-29)25(32)19-5-8-21(22(14-19)33-2)34-16-18-3-6-20(26)7-4-18/h3-8,13-14H,9-12,15-16H2,1-2H3,(H,27,28,31). The molecule has 0 atom stereocenters. The van der Waals surface area contributed by atoms with Gasteiger partial charge < -0.3 is 24.2 Å². The van der Waals surface area contributed by atoms with Crippen molar-refractivity contribution in [3.05, 3.63) is 70.4 Å². The minimum Gasteiger partial charge on any atom is -0.493 e. The molecule has 0 spiro atoms. The second kappa shape index (κ2) is 11.2. The largest absolute Gasteiger partial charge is 0.493 e. The zero-order chi connectivity index (χ0) is 24.8. The van der Waals surface area contributed by atoms with Crippen LogP contribution in [0.25, 0.3) is 0 Å². The van der Waals surface area contributed by atoms with Gasteiger partial charge in [0.1, 0.15) is 12.4 Å². The van der Waals surface area contributed by atoms with E-state index in [1.807, 2.05) is 29.2 Å². The second-order valence-electron chi connectivity index (χ2n) is 8.22. The highest BCUT2D eigenvalue weighted by Gasteiger charge is 2.24.